The molecule has 0 radical (unpaired) electrons. The number of hydrogen-bond acceptors (Lipinski definition) is 4. The third kappa shape index (κ3) is 2.48. The van der Waals surface area contributed by atoms with Crippen molar-refractivity contribution >= 4 is 11.3 Å². The van der Waals surface area contributed by atoms with Gasteiger partial charge in [0.05, 0.1) is 18.4 Å². The molecule has 2 atom stereocenters. The van der Waals surface area contributed by atoms with Gasteiger partial charge in [0.2, 0.25) is 0 Å². The molecule has 3 aromatic rings. The van der Waals surface area contributed by atoms with Crippen LogP contribution in [0.5, 0.6) is 0 Å². The first-order valence-corrected chi connectivity index (χ1v) is 9.45. The Bertz CT molecular complexity index is 824. The second-order valence-corrected chi connectivity index (χ2v) is 7.86. The van der Waals surface area contributed by atoms with Crippen LogP contribution in [-0.2, 0) is 19.5 Å². The predicted octanol–water partition coefficient (Wildman–Crippen LogP) is 3.31. The molecule has 1 fully saturated rings. The van der Waals surface area contributed by atoms with Crippen molar-refractivity contribution in [2.24, 2.45) is 11.8 Å². The zero-order valence-electron chi connectivity index (χ0n) is 13.5. The van der Waals surface area contributed by atoms with Gasteiger partial charge in [-0.15, -0.1) is 11.3 Å². The van der Waals surface area contributed by atoms with Crippen LogP contribution in [0.2, 0.25) is 0 Å². The Morgan fingerprint density at radius 2 is 1.92 bits per heavy atom. The second kappa shape index (κ2) is 5.83. The molecular formula is C19H20N4S. The second-order valence-electron chi connectivity index (χ2n) is 6.88. The highest BCUT2D eigenvalue weighted by molar-refractivity contribution is 7.09. The summed E-state index contributed by atoms with van der Waals surface area (Å²) in [4.78, 5) is 11.7. The van der Waals surface area contributed by atoms with Gasteiger partial charge in [0.1, 0.15) is 10.8 Å². The molecule has 0 N–H and O–H groups in total. The maximum atomic E-state index is 4.73. The third-order valence-electron chi connectivity index (χ3n) is 5.36. The lowest BCUT2D eigenvalue weighted by Crippen LogP contribution is -2.28. The van der Waals surface area contributed by atoms with E-state index in [0.29, 0.717) is 0 Å². The molecule has 5 rings (SSSR count). The molecule has 0 saturated carbocycles. The van der Waals surface area contributed by atoms with Gasteiger partial charge in [0.15, 0.2) is 0 Å². The van der Waals surface area contributed by atoms with E-state index in [1.165, 1.54) is 35.2 Å². The number of hydrogen-bond donors (Lipinski definition) is 0. The Kier molecular flexibility index (Phi) is 3.49. The fourth-order valence-electron chi connectivity index (χ4n) is 4.21. The highest BCUT2D eigenvalue weighted by Gasteiger charge is 2.38. The summed E-state index contributed by atoms with van der Waals surface area (Å²) in [6.45, 7) is 4.45. The molecule has 24 heavy (non-hydrogen) atoms. The van der Waals surface area contributed by atoms with Crippen LogP contribution < -0.4 is 0 Å². The first-order valence-electron chi connectivity index (χ1n) is 8.57. The topological polar surface area (TPSA) is 34.0 Å². The molecule has 4 heterocycles. The highest BCUT2D eigenvalue weighted by atomic mass is 32.1. The molecular weight excluding hydrogens is 316 g/mol. The van der Waals surface area contributed by atoms with Crippen LogP contribution in [0.1, 0.15) is 10.8 Å². The molecule has 2 aromatic heterocycles. The summed E-state index contributed by atoms with van der Waals surface area (Å²) >= 11 is 1.76. The van der Waals surface area contributed by atoms with Gasteiger partial charge in [-0.1, -0.05) is 30.3 Å². The lowest BCUT2D eigenvalue weighted by Gasteiger charge is -2.27. The molecule has 0 aliphatic carbocycles. The largest absolute Gasteiger partial charge is 0.328 e. The van der Waals surface area contributed by atoms with Crippen LogP contribution in [-0.4, -0.2) is 32.5 Å². The zero-order chi connectivity index (χ0) is 15.9. The number of imidazole rings is 1. The molecule has 0 spiro atoms. The number of likely N-dealkylation sites (tertiary alicyclic amines) is 1. The summed E-state index contributed by atoms with van der Waals surface area (Å²) in [6.07, 6.45) is 5.07. The monoisotopic (exact) mass is 336 g/mol. The van der Waals surface area contributed by atoms with E-state index in [2.05, 4.69) is 56.4 Å². The zero-order valence-corrected chi connectivity index (χ0v) is 14.3. The summed E-state index contributed by atoms with van der Waals surface area (Å²) in [5.41, 5.74) is 2.54. The maximum Gasteiger partial charge on any atom is 0.109 e. The van der Waals surface area contributed by atoms with Crippen LogP contribution in [0.3, 0.4) is 0 Å². The Morgan fingerprint density at radius 3 is 2.75 bits per heavy atom. The average Bonchev–Trinajstić information content (AvgIpc) is 3.32. The van der Waals surface area contributed by atoms with Crippen molar-refractivity contribution in [3.63, 3.8) is 0 Å². The minimum absolute atomic E-state index is 0.731. The molecule has 122 valence electrons. The molecule has 5 heteroatoms. The fraction of sp³-hybridized carbons (Fsp3) is 0.368. The summed E-state index contributed by atoms with van der Waals surface area (Å²) in [5, 5.41) is 3.30. The van der Waals surface area contributed by atoms with Crippen LogP contribution in [0.15, 0.2) is 48.1 Å². The van der Waals surface area contributed by atoms with Crippen LogP contribution >= 0.6 is 11.3 Å². The lowest BCUT2D eigenvalue weighted by molar-refractivity contribution is 0.306. The molecule has 2 aliphatic heterocycles. The quantitative estimate of drug-likeness (QED) is 0.736. The average molecular weight is 336 g/mol. The molecule has 1 saturated heterocycles. The number of nitrogens with zero attached hydrogens (tertiary/aromatic N) is 4. The van der Waals surface area contributed by atoms with Gasteiger partial charge in [-0.05, 0) is 17.4 Å². The van der Waals surface area contributed by atoms with Crippen LogP contribution in [0, 0.1) is 11.8 Å². The van der Waals surface area contributed by atoms with Gasteiger partial charge in [-0.2, -0.15) is 0 Å². The van der Waals surface area contributed by atoms with E-state index < -0.39 is 0 Å². The van der Waals surface area contributed by atoms with Crippen molar-refractivity contribution in [3.8, 4) is 11.3 Å². The molecule has 1 aromatic carbocycles. The smallest absolute Gasteiger partial charge is 0.109 e. The van der Waals surface area contributed by atoms with Gasteiger partial charge >= 0.3 is 0 Å². The van der Waals surface area contributed by atoms with Crippen molar-refractivity contribution in [1.29, 1.82) is 0 Å². The standard InChI is InChI=1S/C19H20N4S/c1-2-4-14(5-3-1)17-9-21-18-8-15-10-22(11-16(15)12-23(17)18)13-19-20-6-7-24-19/h1-7,9,15-16H,8,10-13H2. The number of thiazole rings is 1. The van der Waals surface area contributed by atoms with Gasteiger partial charge in [-0.3, -0.25) is 4.90 Å². The fourth-order valence-corrected chi connectivity index (χ4v) is 4.87. The predicted molar refractivity (Wildman–Crippen MR) is 95.7 cm³/mol. The molecule has 0 amide bonds. The van der Waals surface area contributed by atoms with Gasteiger partial charge < -0.3 is 4.57 Å². The SMILES string of the molecule is c1ccc(-c2cnc3n2CC2CN(Cc4nccs4)CC2C3)cc1. The molecule has 2 aliphatic rings. The number of benzene rings is 1. The summed E-state index contributed by atoms with van der Waals surface area (Å²) in [6, 6.07) is 10.6. The maximum absolute atomic E-state index is 4.73. The Balaban J connectivity index is 1.37. The van der Waals surface area contributed by atoms with E-state index in [-0.39, 0.29) is 0 Å². The van der Waals surface area contributed by atoms with Crippen molar-refractivity contribution in [2.75, 3.05) is 13.1 Å². The van der Waals surface area contributed by atoms with Crippen molar-refractivity contribution < 1.29 is 0 Å². The molecule has 2 unspecified atom stereocenters. The summed E-state index contributed by atoms with van der Waals surface area (Å²) in [7, 11) is 0. The van der Waals surface area contributed by atoms with Gasteiger partial charge in [0, 0.05) is 37.6 Å². The van der Waals surface area contributed by atoms with Gasteiger partial charge in [-0.25, -0.2) is 9.97 Å². The first kappa shape index (κ1) is 14.4. The van der Waals surface area contributed by atoms with Crippen molar-refractivity contribution in [1.82, 2.24) is 19.4 Å². The van der Waals surface area contributed by atoms with E-state index in [1.54, 1.807) is 11.3 Å². The minimum Gasteiger partial charge on any atom is -0.328 e. The number of fused-ring (bicyclic) bond motifs is 2. The number of rotatable bonds is 3. The third-order valence-corrected chi connectivity index (χ3v) is 6.13. The first-order chi connectivity index (χ1) is 11.9. The summed E-state index contributed by atoms with van der Waals surface area (Å²) in [5.74, 6) is 2.73. The van der Waals surface area contributed by atoms with Crippen LogP contribution in [0.25, 0.3) is 11.3 Å². The Morgan fingerprint density at radius 1 is 1.04 bits per heavy atom. The van der Waals surface area contributed by atoms with Gasteiger partial charge in [0.25, 0.3) is 0 Å². The molecule has 0 bridgehead atoms. The Labute approximate surface area is 145 Å². The summed E-state index contributed by atoms with van der Waals surface area (Å²) < 4.78 is 2.45. The van der Waals surface area contributed by atoms with Crippen LogP contribution in [0.4, 0.5) is 0 Å². The van der Waals surface area contributed by atoms with E-state index in [9.17, 15) is 0 Å². The van der Waals surface area contributed by atoms with E-state index in [1.807, 2.05) is 6.20 Å². The minimum atomic E-state index is 0.731. The Hall–Kier alpha value is -1.98. The molecule has 4 nitrogen and oxygen atoms in total. The lowest BCUT2D eigenvalue weighted by atomic mass is 9.89. The normalized spacial score (nSPS) is 23.2. The van der Waals surface area contributed by atoms with E-state index >= 15 is 0 Å². The number of aromatic nitrogens is 3. The van der Waals surface area contributed by atoms with Crippen molar-refractivity contribution in [2.45, 2.75) is 19.5 Å². The van der Waals surface area contributed by atoms with E-state index in [4.69, 9.17) is 4.98 Å². The highest BCUT2D eigenvalue weighted by Crippen LogP contribution is 2.35. The van der Waals surface area contributed by atoms with Crippen molar-refractivity contribution in [3.05, 3.63) is 58.9 Å². The van der Waals surface area contributed by atoms with E-state index in [0.717, 1.165) is 31.3 Å².